The van der Waals surface area contributed by atoms with Crippen LogP contribution in [0.15, 0.2) is 0 Å². The Labute approximate surface area is 132 Å². The van der Waals surface area contributed by atoms with Crippen LogP contribution in [0, 0.1) is 13.3 Å². The summed E-state index contributed by atoms with van der Waals surface area (Å²) in [5, 5.41) is 7.00. The molecule has 1 aliphatic rings. The van der Waals surface area contributed by atoms with Gasteiger partial charge in [0.2, 0.25) is 0 Å². The molecule has 0 radical (unpaired) electrons. The first-order valence-corrected chi connectivity index (χ1v) is 5.48. The molecule has 4 nitrogen and oxygen atoms in total. The number of hydroxylamine groups is 1. The molecule has 0 aromatic rings. The van der Waals surface area contributed by atoms with Gasteiger partial charge in [0.15, 0.2) is 0 Å². The largest absolute Gasteiger partial charge is 4.00 e. The Hall–Kier alpha value is 0.640. The van der Waals surface area contributed by atoms with E-state index in [1.165, 1.54) is 0 Å². The van der Waals surface area contributed by atoms with Crippen LogP contribution in [0.3, 0.4) is 0 Å². The van der Waals surface area contributed by atoms with Crippen LogP contribution in [0.25, 0.3) is 16.1 Å². The molecule has 0 aromatic carbocycles. The molecule has 0 aliphatic heterocycles. The molecule has 0 saturated heterocycles. The van der Waals surface area contributed by atoms with Crippen molar-refractivity contribution < 1.29 is 35.1 Å². The molecule has 1 unspecified atom stereocenters. The fourth-order valence-electron chi connectivity index (χ4n) is 1.35. The van der Waals surface area contributed by atoms with Crippen LogP contribution in [0.1, 0.15) is 19.3 Å². The van der Waals surface area contributed by atoms with E-state index in [2.05, 4.69) is 16.1 Å². The zero-order valence-corrected chi connectivity index (χ0v) is 16.2. The molecule has 1 aliphatic carbocycles. The summed E-state index contributed by atoms with van der Waals surface area (Å²) in [6, 6.07) is 0. The van der Waals surface area contributed by atoms with Crippen molar-refractivity contribution >= 4 is 0 Å². The minimum Gasteiger partial charge on any atom is -0.668 e. The third-order valence-corrected chi connectivity index (χ3v) is 1.98. The van der Waals surface area contributed by atoms with Gasteiger partial charge in [-0.1, -0.05) is 6.42 Å². The van der Waals surface area contributed by atoms with Crippen molar-refractivity contribution in [2.75, 3.05) is 41.8 Å². The standard InChI is InChI=1S/C7H13FNO.2C2H6N.CH3.Hf/c1-9-10-5-6-3-2-4-7(6)8;2*1-3-2;;/h6-7H,2-5H2,1H3;2*1-2H3;1H3;/q4*-1;+4/t6-,7?;;;;/m0..../s1. The summed E-state index contributed by atoms with van der Waals surface area (Å²) >= 11 is 0. The molecular formula is C12H28FHfN3O. The second kappa shape index (κ2) is 22.8. The van der Waals surface area contributed by atoms with Crippen LogP contribution in [0.2, 0.25) is 0 Å². The van der Waals surface area contributed by atoms with Gasteiger partial charge in [0.1, 0.15) is 6.17 Å². The number of rotatable bonds is 3. The summed E-state index contributed by atoms with van der Waals surface area (Å²) in [7, 11) is 8.57. The van der Waals surface area contributed by atoms with Gasteiger partial charge in [-0.3, -0.25) is 0 Å². The van der Waals surface area contributed by atoms with Crippen molar-refractivity contribution in [1.29, 1.82) is 0 Å². The van der Waals surface area contributed by atoms with E-state index in [9.17, 15) is 4.39 Å². The first kappa shape index (κ1) is 27.1. The van der Waals surface area contributed by atoms with E-state index in [0.29, 0.717) is 13.0 Å². The second-order valence-electron chi connectivity index (χ2n) is 3.58. The molecule has 18 heavy (non-hydrogen) atoms. The van der Waals surface area contributed by atoms with Crippen LogP contribution in [0.5, 0.6) is 0 Å². The molecule has 0 aromatic heterocycles. The molecule has 108 valence electrons. The summed E-state index contributed by atoms with van der Waals surface area (Å²) < 4.78 is 12.8. The van der Waals surface area contributed by atoms with Crippen LogP contribution >= 0.6 is 0 Å². The Morgan fingerprint density at radius 1 is 1.06 bits per heavy atom. The zero-order chi connectivity index (χ0) is 12.8. The third-order valence-electron chi connectivity index (χ3n) is 1.98. The quantitative estimate of drug-likeness (QED) is 0.384. The average Bonchev–Trinajstić information content (AvgIpc) is 2.63. The van der Waals surface area contributed by atoms with Gasteiger partial charge in [0, 0.05) is 12.5 Å². The maximum Gasteiger partial charge on any atom is 4.00 e. The molecule has 1 rings (SSSR count). The maximum absolute atomic E-state index is 12.8. The molecule has 1 saturated carbocycles. The second-order valence-corrected chi connectivity index (χ2v) is 3.58. The summed E-state index contributed by atoms with van der Waals surface area (Å²) in [6.45, 7) is 0.456. The maximum atomic E-state index is 12.8. The van der Waals surface area contributed by atoms with Crippen molar-refractivity contribution in [3.63, 3.8) is 0 Å². The molecule has 0 heterocycles. The number of halogens is 1. The topological polar surface area (TPSA) is 51.5 Å². The van der Waals surface area contributed by atoms with E-state index >= 15 is 0 Å². The number of hydrogen-bond donors (Lipinski definition) is 0. The fourth-order valence-corrected chi connectivity index (χ4v) is 1.35. The zero-order valence-electron chi connectivity index (χ0n) is 12.6. The molecule has 6 heteroatoms. The SMILES string of the molecule is C[N-]C.C[N-]C.C[N-]OC[C@@H]1CCCC1F.[CH3-].[Hf+4]. The van der Waals surface area contributed by atoms with Gasteiger partial charge in [-0.25, -0.2) is 4.39 Å². The van der Waals surface area contributed by atoms with Gasteiger partial charge in [0.05, 0.1) is 0 Å². The molecule has 0 N–H and O–H groups in total. The molecule has 0 spiro atoms. The van der Waals surface area contributed by atoms with Crippen molar-refractivity contribution in [1.82, 2.24) is 0 Å². The van der Waals surface area contributed by atoms with E-state index in [4.69, 9.17) is 4.84 Å². The smallest absolute Gasteiger partial charge is 0.668 e. The Balaban J connectivity index is -0.000000106. The average molecular weight is 428 g/mol. The first-order valence-electron chi connectivity index (χ1n) is 5.48. The van der Waals surface area contributed by atoms with Gasteiger partial charge < -0.3 is 28.4 Å². The van der Waals surface area contributed by atoms with Crippen LogP contribution in [0.4, 0.5) is 4.39 Å². The van der Waals surface area contributed by atoms with Crippen LogP contribution in [-0.4, -0.2) is 48.0 Å². The van der Waals surface area contributed by atoms with Gasteiger partial charge in [0.25, 0.3) is 0 Å². The Morgan fingerprint density at radius 3 is 1.78 bits per heavy atom. The van der Waals surface area contributed by atoms with Gasteiger partial charge in [-0.2, -0.15) is 28.2 Å². The van der Waals surface area contributed by atoms with E-state index < -0.39 is 6.17 Å². The molecule has 2 atom stereocenters. The predicted octanol–water partition coefficient (Wildman–Crippen LogP) is 3.75. The van der Waals surface area contributed by atoms with Crippen LogP contribution < -0.4 is 0 Å². The molecule has 1 fully saturated rings. The third kappa shape index (κ3) is 19.0. The van der Waals surface area contributed by atoms with E-state index in [0.717, 1.165) is 12.8 Å². The Bertz CT molecular complexity index is 132. The summed E-state index contributed by atoms with van der Waals surface area (Å²) in [5.74, 6) is 0.101. The summed E-state index contributed by atoms with van der Waals surface area (Å²) in [5.41, 5.74) is 3.47. The summed E-state index contributed by atoms with van der Waals surface area (Å²) in [6.07, 6.45) is 2.01. The summed E-state index contributed by atoms with van der Waals surface area (Å²) in [4.78, 5) is 4.77. The van der Waals surface area contributed by atoms with E-state index in [-0.39, 0.29) is 39.2 Å². The Kier molecular flexibility index (Phi) is 34.3. The Morgan fingerprint density at radius 2 is 1.50 bits per heavy atom. The number of alkyl halides is 1. The van der Waals surface area contributed by atoms with Crippen molar-refractivity contribution in [3.05, 3.63) is 23.5 Å². The predicted molar refractivity (Wildman–Crippen MR) is 74.3 cm³/mol. The number of nitrogens with zero attached hydrogens (tertiary/aromatic N) is 3. The van der Waals surface area contributed by atoms with Crippen LogP contribution in [-0.2, 0) is 30.7 Å². The minimum absolute atomic E-state index is 0. The first-order chi connectivity index (χ1) is 7.67. The molecular weight excluding hydrogens is 400 g/mol. The van der Waals surface area contributed by atoms with Gasteiger partial charge in [-0.15, -0.1) is 7.05 Å². The monoisotopic (exact) mass is 429 g/mol. The van der Waals surface area contributed by atoms with Gasteiger partial charge >= 0.3 is 25.8 Å². The number of hydrogen-bond acceptors (Lipinski definition) is 1. The normalized spacial score (nSPS) is 20.3. The molecule has 0 bridgehead atoms. The van der Waals surface area contributed by atoms with E-state index in [1.54, 1.807) is 35.2 Å². The van der Waals surface area contributed by atoms with Gasteiger partial charge in [-0.05, 0) is 12.8 Å². The van der Waals surface area contributed by atoms with E-state index in [1.807, 2.05) is 0 Å². The molecule has 0 amide bonds. The van der Waals surface area contributed by atoms with Crippen molar-refractivity contribution in [3.8, 4) is 0 Å². The fraction of sp³-hybridized carbons (Fsp3) is 0.917. The van der Waals surface area contributed by atoms with Crippen molar-refractivity contribution in [2.24, 2.45) is 5.92 Å². The van der Waals surface area contributed by atoms with Crippen molar-refractivity contribution in [2.45, 2.75) is 25.4 Å². The minimum atomic E-state index is -0.651.